The minimum atomic E-state index is -0.112. The first kappa shape index (κ1) is 13.4. The third-order valence-corrected chi connectivity index (χ3v) is 3.35. The zero-order valence-electron chi connectivity index (χ0n) is 11.7. The van der Waals surface area contributed by atoms with Crippen molar-refractivity contribution in [3.63, 3.8) is 0 Å². The van der Waals surface area contributed by atoms with Crippen LogP contribution in [0.25, 0.3) is 0 Å². The maximum atomic E-state index is 5.92. The summed E-state index contributed by atoms with van der Waals surface area (Å²) in [5, 5.41) is 0. The summed E-state index contributed by atoms with van der Waals surface area (Å²) >= 11 is 0. The first-order chi connectivity index (χ1) is 10.2. The number of benzene rings is 1. The molecule has 4 N–H and O–H groups in total. The Kier molecular flexibility index (Phi) is 3.43. The van der Waals surface area contributed by atoms with Crippen LogP contribution in [-0.4, -0.2) is 24.8 Å². The summed E-state index contributed by atoms with van der Waals surface area (Å²) < 4.78 is 16.5. The Bertz CT molecular complexity index is 643. The molecule has 1 aliphatic heterocycles. The van der Waals surface area contributed by atoms with Gasteiger partial charge in [-0.1, -0.05) is 0 Å². The summed E-state index contributed by atoms with van der Waals surface area (Å²) in [4.78, 5) is 4.15. The van der Waals surface area contributed by atoms with Gasteiger partial charge in [0.1, 0.15) is 30.0 Å². The Balaban J connectivity index is 1.61. The van der Waals surface area contributed by atoms with Gasteiger partial charge in [0.15, 0.2) is 0 Å². The highest BCUT2D eigenvalue weighted by molar-refractivity contribution is 5.59. The van der Waals surface area contributed by atoms with Crippen molar-refractivity contribution in [1.29, 1.82) is 0 Å². The fraction of sp³-hybridized carbons (Fsp3) is 0.267. The van der Waals surface area contributed by atoms with Crippen LogP contribution in [0.5, 0.6) is 17.4 Å². The maximum absolute atomic E-state index is 5.92. The predicted molar refractivity (Wildman–Crippen MR) is 79.7 cm³/mol. The van der Waals surface area contributed by atoms with Crippen LogP contribution < -0.4 is 25.7 Å². The Labute approximate surface area is 122 Å². The van der Waals surface area contributed by atoms with Crippen molar-refractivity contribution in [1.82, 2.24) is 4.98 Å². The highest BCUT2D eigenvalue weighted by Crippen LogP contribution is 2.32. The van der Waals surface area contributed by atoms with E-state index in [0.717, 1.165) is 17.1 Å². The van der Waals surface area contributed by atoms with Crippen LogP contribution in [0.4, 0.5) is 11.5 Å². The molecule has 21 heavy (non-hydrogen) atoms. The van der Waals surface area contributed by atoms with Crippen molar-refractivity contribution < 1.29 is 14.2 Å². The van der Waals surface area contributed by atoms with Gasteiger partial charge < -0.3 is 25.7 Å². The first-order valence-corrected chi connectivity index (χ1v) is 6.64. The van der Waals surface area contributed by atoms with E-state index in [1.165, 1.54) is 0 Å². The number of nitrogen functional groups attached to an aromatic ring is 2. The number of anilines is 2. The van der Waals surface area contributed by atoms with Crippen molar-refractivity contribution in [2.75, 3.05) is 25.2 Å². The van der Waals surface area contributed by atoms with Gasteiger partial charge in [-0.05, 0) is 24.3 Å². The Morgan fingerprint density at radius 2 is 1.95 bits per heavy atom. The normalized spacial score (nSPS) is 16.1. The second-order valence-electron chi connectivity index (χ2n) is 4.85. The van der Waals surface area contributed by atoms with Crippen molar-refractivity contribution >= 4 is 11.5 Å². The lowest BCUT2D eigenvalue weighted by Crippen LogP contribution is -2.22. The lowest BCUT2D eigenvalue weighted by Gasteiger charge is -2.12. The molecule has 110 valence electrons. The van der Waals surface area contributed by atoms with E-state index in [1.54, 1.807) is 13.2 Å². The average Bonchev–Trinajstić information content (AvgIpc) is 2.89. The van der Waals surface area contributed by atoms with E-state index in [-0.39, 0.29) is 6.10 Å². The summed E-state index contributed by atoms with van der Waals surface area (Å²) in [5.41, 5.74) is 13.1. The molecule has 1 aliphatic rings. The fourth-order valence-corrected chi connectivity index (χ4v) is 2.27. The number of methoxy groups -OCH3 is 1. The molecular formula is C15H17N3O3. The van der Waals surface area contributed by atoms with Crippen molar-refractivity contribution in [3.8, 4) is 17.4 Å². The van der Waals surface area contributed by atoms with E-state index < -0.39 is 0 Å². The summed E-state index contributed by atoms with van der Waals surface area (Å²) in [7, 11) is 1.63. The van der Waals surface area contributed by atoms with E-state index in [1.807, 2.05) is 24.3 Å². The van der Waals surface area contributed by atoms with E-state index >= 15 is 0 Å². The quantitative estimate of drug-likeness (QED) is 0.888. The summed E-state index contributed by atoms with van der Waals surface area (Å²) in [6.07, 6.45) is 0.559. The predicted octanol–water partition coefficient (Wildman–Crippen LogP) is 1.64. The van der Waals surface area contributed by atoms with Crippen LogP contribution in [0.3, 0.4) is 0 Å². The van der Waals surface area contributed by atoms with Gasteiger partial charge in [-0.3, -0.25) is 0 Å². The zero-order valence-corrected chi connectivity index (χ0v) is 11.7. The highest BCUT2D eigenvalue weighted by Gasteiger charge is 2.27. The molecule has 6 heteroatoms. The lowest BCUT2D eigenvalue weighted by molar-refractivity contribution is 0.145. The van der Waals surface area contributed by atoms with Gasteiger partial charge in [0.25, 0.3) is 0 Å². The summed E-state index contributed by atoms with van der Waals surface area (Å²) in [5.74, 6) is 2.42. The topological polar surface area (TPSA) is 92.6 Å². The zero-order chi connectivity index (χ0) is 14.8. The minimum absolute atomic E-state index is 0.112. The molecule has 0 amide bonds. The molecular weight excluding hydrogens is 270 g/mol. The van der Waals surface area contributed by atoms with Crippen LogP contribution in [0.2, 0.25) is 0 Å². The van der Waals surface area contributed by atoms with Crippen LogP contribution in [0.1, 0.15) is 5.56 Å². The molecule has 0 fully saturated rings. The van der Waals surface area contributed by atoms with Crippen LogP contribution in [0, 0.1) is 0 Å². The van der Waals surface area contributed by atoms with Gasteiger partial charge in [-0.2, -0.15) is 4.98 Å². The van der Waals surface area contributed by atoms with E-state index in [9.17, 15) is 0 Å². The lowest BCUT2D eigenvalue weighted by atomic mass is 10.1. The molecule has 1 aromatic heterocycles. The number of pyridine rings is 1. The van der Waals surface area contributed by atoms with Crippen LogP contribution >= 0.6 is 0 Å². The number of nitrogens with two attached hydrogens (primary N) is 2. The monoisotopic (exact) mass is 287 g/mol. The van der Waals surface area contributed by atoms with E-state index in [0.29, 0.717) is 30.4 Å². The van der Waals surface area contributed by atoms with Gasteiger partial charge in [-0.15, -0.1) is 0 Å². The highest BCUT2D eigenvalue weighted by atomic mass is 16.5. The number of aromatic nitrogens is 1. The smallest absolute Gasteiger partial charge is 0.221 e. The van der Waals surface area contributed by atoms with Gasteiger partial charge in [0.05, 0.1) is 7.11 Å². The van der Waals surface area contributed by atoms with E-state index in [2.05, 4.69) is 4.98 Å². The first-order valence-electron chi connectivity index (χ1n) is 6.64. The second kappa shape index (κ2) is 5.40. The average molecular weight is 287 g/mol. The molecule has 2 aromatic rings. The maximum Gasteiger partial charge on any atom is 0.221 e. The third kappa shape index (κ3) is 2.79. The molecule has 0 bridgehead atoms. The molecule has 0 aliphatic carbocycles. The number of hydrogen-bond acceptors (Lipinski definition) is 6. The summed E-state index contributed by atoms with van der Waals surface area (Å²) in [6.45, 7) is 0.419. The number of rotatable bonds is 4. The van der Waals surface area contributed by atoms with Gasteiger partial charge in [-0.25, -0.2) is 0 Å². The molecule has 2 heterocycles. The van der Waals surface area contributed by atoms with E-state index in [4.69, 9.17) is 25.7 Å². The number of nitrogens with zero attached hydrogens (tertiary/aromatic N) is 1. The molecule has 0 saturated carbocycles. The fourth-order valence-electron chi connectivity index (χ4n) is 2.27. The number of ether oxygens (including phenoxy) is 3. The standard InChI is InChI=1S/C15H17N3O3/c1-19-9-2-4-10(5-3-9)20-8-11-6-12-13(16)7-14(17)18-15(12)21-11/h2-5,7,11H,6,8H2,1H3,(H4,16,17,18). The van der Waals surface area contributed by atoms with Crippen LogP contribution in [0.15, 0.2) is 30.3 Å². The Morgan fingerprint density at radius 1 is 1.24 bits per heavy atom. The molecule has 6 nitrogen and oxygen atoms in total. The minimum Gasteiger partial charge on any atom is -0.497 e. The number of hydrogen-bond donors (Lipinski definition) is 2. The number of fused-ring (bicyclic) bond motifs is 1. The molecule has 1 aromatic carbocycles. The van der Waals surface area contributed by atoms with Crippen molar-refractivity contribution in [2.24, 2.45) is 0 Å². The van der Waals surface area contributed by atoms with Gasteiger partial charge >= 0.3 is 0 Å². The van der Waals surface area contributed by atoms with Crippen LogP contribution in [-0.2, 0) is 6.42 Å². The molecule has 3 rings (SSSR count). The Morgan fingerprint density at radius 3 is 2.67 bits per heavy atom. The van der Waals surface area contributed by atoms with Crippen molar-refractivity contribution in [2.45, 2.75) is 12.5 Å². The third-order valence-electron chi connectivity index (χ3n) is 3.35. The van der Waals surface area contributed by atoms with Gasteiger partial charge in [0, 0.05) is 23.7 Å². The molecule has 0 radical (unpaired) electrons. The molecule has 0 saturated heterocycles. The Hall–Kier alpha value is -2.63. The summed E-state index contributed by atoms with van der Waals surface area (Å²) in [6, 6.07) is 9.05. The van der Waals surface area contributed by atoms with Crippen molar-refractivity contribution in [3.05, 3.63) is 35.9 Å². The largest absolute Gasteiger partial charge is 0.497 e. The molecule has 0 spiro atoms. The SMILES string of the molecule is COc1ccc(OCC2Cc3c(N)cc(N)nc3O2)cc1. The molecule has 1 atom stereocenters. The van der Waals surface area contributed by atoms with Gasteiger partial charge in [0.2, 0.25) is 5.88 Å². The molecule has 1 unspecified atom stereocenters. The second-order valence-corrected chi connectivity index (χ2v) is 4.85.